The van der Waals surface area contributed by atoms with Crippen LogP contribution in [-0.4, -0.2) is 25.8 Å². The second-order valence-corrected chi connectivity index (χ2v) is 9.43. The first-order valence-electron chi connectivity index (χ1n) is 9.17. The molecule has 0 saturated heterocycles. The fourth-order valence-electron chi connectivity index (χ4n) is 2.87. The van der Waals surface area contributed by atoms with E-state index in [0.29, 0.717) is 5.56 Å². The average Bonchev–Trinajstić information content (AvgIpc) is 2.76. The summed E-state index contributed by atoms with van der Waals surface area (Å²) in [6.07, 6.45) is 0. The van der Waals surface area contributed by atoms with Crippen molar-refractivity contribution in [3.8, 4) is 0 Å². The lowest BCUT2D eigenvalue weighted by molar-refractivity contribution is -0.384. The molecule has 3 aromatic carbocycles. The molecule has 0 saturated carbocycles. The summed E-state index contributed by atoms with van der Waals surface area (Å²) >= 11 is 12.3. The smallest absolute Gasteiger partial charge is 0.271 e. The number of sulfonamides is 1. The Morgan fingerprint density at radius 2 is 1.75 bits per heavy atom. The van der Waals surface area contributed by atoms with Crippen molar-refractivity contribution in [1.29, 1.82) is 0 Å². The van der Waals surface area contributed by atoms with Crippen LogP contribution in [0.3, 0.4) is 0 Å². The van der Waals surface area contributed by atoms with E-state index in [-0.39, 0.29) is 32.0 Å². The first kappa shape index (κ1) is 23.5. The number of non-ortho nitro benzene ring substituents is 1. The molecule has 3 aromatic rings. The van der Waals surface area contributed by atoms with Gasteiger partial charge < -0.3 is 5.32 Å². The van der Waals surface area contributed by atoms with Gasteiger partial charge in [0.2, 0.25) is 5.91 Å². The van der Waals surface area contributed by atoms with Crippen LogP contribution in [0.2, 0.25) is 10.0 Å². The number of nitrogens with one attached hydrogen (secondary N) is 1. The van der Waals surface area contributed by atoms with Crippen molar-refractivity contribution in [3.05, 3.63) is 92.5 Å². The van der Waals surface area contributed by atoms with Gasteiger partial charge in [0.15, 0.2) is 0 Å². The van der Waals surface area contributed by atoms with E-state index in [9.17, 15) is 23.3 Å². The Hall–Kier alpha value is -3.14. The molecule has 166 valence electrons. The van der Waals surface area contributed by atoms with Gasteiger partial charge in [0, 0.05) is 17.2 Å². The summed E-state index contributed by atoms with van der Waals surface area (Å²) in [6, 6.07) is 15.8. The number of nitro groups is 1. The fraction of sp³-hybridized carbons (Fsp3) is 0.0952. The van der Waals surface area contributed by atoms with Gasteiger partial charge in [-0.05, 0) is 42.8 Å². The number of hydrogen-bond donors (Lipinski definition) is 1. The van der Waals surface area contributed by atoms with Gasteiger partial charge in [-0.2, -0.15) is 0 Å². The van der Waals surface area contributed by atoms with Crippen molar-refractivity contribution in [3.63, 3.8) is 0 Å². The summed E-state index contributed by atoms with van der Waals surface area (Å²) < 4.78 is 27.5. The predicted molar refractivity (Wildman–Crippen MR) is 124 cm³/mol. The maximum absolute atomic E-state index is 13.3. The van der Waals surface area contributed by atoms with Crippen molar-refractivity contribution >= 4 is 56.2 Å². The largest absolute Gasteiger partial charge is 0.324 e. The van der Waals surface area contributed by atoms with E-state index < -0.39 is 27.4 Å². The van der Waals surface area contributed by atoms with Crippen molar-refractivity contribution in [1.82, 2.24) is 0 Å². The molecule has 1 amide bonds. The first-order valence-corrected chi connectivity index (χ1v) is 11.4. The number of halogens is 2. The lowest BCUT2D eigenvalue weighted by Gasteiger charge is -2.25. The minimum Gasteiger partial charge on any atom is -0.324 e. The summed E-state index contributed by atoms with van der Waals surface area (Å²) in [5.41, 5.74) is 0.576. The first-order chi connectivity index (χ1) is 15.1. The number of carbonyl (C=O) groups is 1. The third-order valence-corrected chi connectivity index (χ3v) is 6.83. The number of hydrogen-bond acceptors (Lipinski definition) is 5. The van der Waals surface area contributed by atoms with Crippen molar-refractivity contribution in [2.75, 3.05) is 16.2 Å². The second kappa shape index (κ2) is 9.56. The third kappa shape index (κ3) is 5.18. The molecule has 0 aliphatic rings. The molecule has 0 unspecified atom stereocenters. The Balaban J connectivity index is 2.00. The van der Waals surface area contributed by atoms with Crippen LogP contribution in [0.4, 0.5) is 17.1 Å². The number of amides is 1. The SMILES string of the molecule is Cc1ccc([N+](=O)[O-])cc1NC(=O)CN(c1cc(Cl)ccc1Cl)S(=O)(=O)c1ccccc1. The number of benzene rings is 3. The van der Waals surface area contributed by atoms with Crippen LogP contribution in [0, 0.1) is 17.0 Å². The van der Waals surface area contributed by atoms with E-state index in [1.807, 2.05) is 0 Å². The molecule has 0 aromatic heterocycles. The van der Waals surface area contributed by atoms with Gasteiger partial charge in [0.1, 0.15) is 6.54 Å². The van der Waals surface area contributed by atoms with Crippen LogP contribution in [0.1, 0.15) is 5.56 Å². The van der Waals surface area contributed by atoms with Crippen LogP contribution in [0.5, 0.6) is 0 Å². The van der Waals surface area contributed by atoms with Crippen LogP contribution in [-0.2, 0) is 14.8 Å². The van der Waals surface area contributed by atoms with Gasteiger partial charge in [-0.3, -0.25) is 19.2 Å². The molecule has 0 heterocycles. The Kier molecular flexibility index (Phi) is 7.02. The van der Waals surface area contributed by atoms with Gasteiger partial charge >= 0.3 is 0 Å². The molecule has 1 N–H and O–H groups in total. The minimum atomic E-state index is -4.19. The van der Waals surface area contributed by atoms with E-state index in [4.69, 9.17) is 23.2 Å². The van der Waals surface area contributed by atoms with Crippen LogP contribution in [0.15, 0.2) is 71.6 Å². The standard InChI is InChI=1S/C21H17Cl2N3O5S/c1-14-7-9-16(26(28)29)12-19(14)24-21(27)13-25(20-11-15(22)8-10-18(20)23)32(30,31)17-5-3-2-4-6-17/h2-12H,13H2,1H3,(H,24,27). The molecular weight excluding hydrogens is 477 g/mol. The summed E-state index contributed by atoms with van der Waals surface area (Å²) in [4.78, 5) is 23.3. The highest BCUT2D eigenvalue weighted by molar-refractivity contribution is 7.92. The fourth-order valence-corrected chi connectivity index (χ4v) is 4.76. The molecule has 8 nitrogen and oxygen atoms in total. The molecule has 0 atom stereocenters. The Bertz CT molecular complexity index is 1280. The molecule has 0 bridgehead atoms. The van der Waals surface area contributed by atoms with E-state index in [1.54, 1.807) is 25.1 Å². The zero-order valence-electron chi connectivity index (χ0n) is 16.7. The molecule has 0 radical (unpaired) electrons. The second-order valence-electron chi connectivity index (χ2n) is 6.72. The summed E-state index contributed by atoms with van der Waals surface area (Å²) in [6.45, 7) is 1.02. The van der Waals surface area contributed by atoms with Gasteiger partial charge in [-0.15, -0.1) is 0 Å². The molecule has 11 heteroatoms. The number of nitro benzene ring substituents is 1. The highest BCUT2D eigenvalue weighted by Gasteiger charge is 2.29. The summed E-state index contributed by atoms with van der Waals surface area (Å²) in [5.74, 6) is -0.718. The summed E-state index contributed by atoms with van der Waals surface area (Å²) in [5, 5.41) is 13.9. The van der Waals surface area contributed by atoms with E-state index in [2.05, 4.69) is 5.32 Å². The lowest BCUT2D eigenvalue weighted by atomic mass is 10.2. The highest BCUT2D eigenvalue weighted by Crippen LogP contribution is 2.33. The maximum Gasteiger partial charge on any atom is 0.271 e. The molecule has 0 fully saturated rings. The highest BCUT2D eigenvalue weighted by atomic mass is 35.5. The molecule has 0 aliphatic heterocycles. The Morgan fingerprint density at radius 3 is 2.41 bits per heavy atom. The number of aryl methyl sites for hydroxylation is 1. The number of anilines is 2. The molecule has 0 spiro atoms. The number of rotatable bonds is 7. The van der Waals surface area contributed by atoms with Crippen molar-refractivity contribution in [2.45, 2.75) is 11.8 Å². The van der Waals surface area contributed by atoms with Gasteiger partial charge in [0.05, 0.1) is 26.2 Å². The van der Waals surface area contributed by atoms with Crippen LogP contribution in [0.25, 0.3) is 0 Å². The normalized spacial score (nSPS) is 11.1. The predicted octanol–water partition coefficient (Wildman–Crippen LogP) is 5.04. The van der Waals surface area contributed by atoms with E-state index in [1.165, 1.54) is 48.5 Å². The van der Waals surface area contributed by atoms with Gasteiger partial charge in [-0.1, -0.05) is 47.5 Å². The molecule has 0 aliphatic carbocycles. The van der Waals surface area contributed by atoms with Gasteiger partial charge in [0.25, 0.3) is 15.7 Å². The van der Waals surface area contributed by atoms with Gasteiger partial charge in [-0.25, -0.2) is 8.42 Å². The summed E-state index contributed by atoms with van der Waals surface area (Å²) in [7, 11) is -4.19. The van der Waals surface area contributed by atoms with Crippen molar-refractivity contribution < 1.29 is 18.1 Å². The zero-order chi connectivity index (χ0) is 23.5. The van der Waals surface area contributed by atoms with Crippen LogP contribution >= 0.6 is 23.2 Å². The Morgan fingerprint density at radius 1 is 1.06 bits per heavy atom. The quantitative estimate of drug-likeness (QED) is 0.366. The lowest BCUT2D eigenvalue weighted by Crippen LogP contribution is -2.38. The number of carbonyl (C=O) groups excluding carboxylic acids is 1. The van der Waals surface area contributed by atoms with E-state index >= 15 is 0 Å². The maximum atomic E-state index is 13.3. The number of nitrogens with zero attached hydrogens (tertiary/aromatic N) is 2. The van der Waals surface area contributed by atoms with Crippen molar-refractivity contribution in [2.24, 2.45) is 0 Å². The molecule has 32 heavy (non-hydrogen) atoms. The monoisotopic (exact) mass is 493 g/mol. The molecule has 3 rings (SSSR count). The van der Waals surface area contributed by atoms with E-state index in [0.717, 1.165) is 4.31 Å². The average molecular weight is 494 g/mol. The molecular formula is C21H17Cl2N3O5S. The Labute approximate surface area is 194 Å². The third-order valence-electron chi connectivity index (χ3n) is 4.50. The van der Waals surface area contributed by atoms with Crippen LogP contribution < -0.4 is 9.62 Å². The zero-order valence-corrected chi connectivity index (χ0v) is 19.0. The minimum absolute atomic E-state index is 0.0222. The topological polar surface area (TPSA) is 110 Å².